The summed E-state index contributed by atoms with van der Waals surface area (Å²) in [4.78, 5) is 12.4. The van der Waals surface area contributed by atoms with Crippen molar-refractivity contribution in [2.24, 2.45) is 0 Å². The Hall–Kier alpha value is -2.03. The van der Waals surface area contributed by atoms with Crippen molar-refractivity contribution in [1.82, 2.24) is 19.4 Å². The number of aromatic nitrogens is 3. The monoisotopic (exact) mass is 432 g/mol. The molecule has 3 rings (SSSR count). The molecule has 0 saturated carbocycles. The van der Waals surface area contributed by atoms with Gasteiger partial charge in [-0.2, -0.15) is 0 Å². The van der Waals surface area contributed by atoms with Crippen LogP contribution >= 0.6 is 11.3 Å². The summed E-state index contributed by atoms with van der Waals surface area (Å²) in [6.07, 6.45) is 1.69. The van der Waals surface area contributed by atoms with E-state index >= 15 is 0 Å². The van der Waals surface area contributed by atoms with E-state index in [9.17, 15) is 8.42 Å². The van der Waals surface area contributed by atoms with Crippen LogP contribution in [0.3, 0.4) is 0 Å². The van der Waals surface area contributed by atoms with Crippen LogP contribution in [0.4, 0.5) is 0 Å². The van der Waals surface area contributed by atoms with Gasteiger partial charge in [-0.25, -0.2) is 18.4 Å². The maximum absolute atomic E-state index is 12.6. The molecule has 0 radical (unpaired) electrons. The van der Waals surface area contributed by atoms with E-state index in [-0.39, 0.29) is 17.0 Å². The van der Waals surface area contributed by atoms with Crippen LogP contribution < -0.4 is 0 Å². The minimum atomic E-state index is -3.42. The van der Waals surface area contributed by atoms with Gasteiger partial charge in [-0.3, -0.25) is 4.90 Å². The predicted octanol–water partition coefficient (Wildman–Crippen LogP) is 3.99. The van der Waals surface area contributed by atoms with Gasteiger partial charge in [0.15, 0.2) is 0 Å². The normalized spacial score (nSPS) is 13.2. The van der Waals surface area contributed by atoms with Crippen molar-refractivity contribution in [3.05, 3.63) is 63.4 Å². The molecule has 0 spiro atoms. The van der Waals surface area contributed by atoms with Crippen molar-refractivity contribution in [2.75, 3.05) is 12.8 Å². The third kappa shape index (κ3) is 4.76. The lowest BCUT2D eigenvalue weighted by atomic mass is 10.2. The maximum atomic E-state index is 12.6. The van der Waals surface area contributed by atoms with Crippen molar-refractivity contribution < 1.29 is 8.42 Å². The number of thiazole rings is 1. The predicted molar refractivity (Wildman–Crippen MR) is 117 cm³/mol. The molecule has 6 nitrogen and oxygen atoms in total. The van der Waals surface area contributed by atoms with Gasteiger partial charge in [-0.1, -0.05) is 37.3 Å². The van der Waals surface area contributed by atoms with Crippen LogP contribution in [0, 0.1) is 13.8 Å². The van der Waals surface area contributed by atoms with Crippen molar-refractivity contribution in [3.63, 3.8) is 0 Å². The second-order valence-corrected chi connectivity index (χ2v) is 10.9. The molecule has 29 heavy (non-hydrogen) atoms. The second kappa shape index (κ2) is 8.77. The Labute approximate surface area is 177 Å². The van der Waals surface area contributed by atoms with Crippen LogP contribution in [0.15, 0.2) is 41.7 Å². The van der Waals surface area contributed by atoms with E-state index in [4.69, 9.17) is 0 Å². The SMILES string of the molecule is CCS(=O)(=O)c1ncc(CN(C)[C@@H](C)c2nc(C)sc2C)n1Cc1ccccc1. The Bertz CT molecular complexity index is 1070. The first kappa shape index (κ1) is 21.7. The van der Waals surface area contributed by atoms with Crippen LogP contribution in [0.2, 0.25) is 0 Å². The summed E-state index contributed by atoms with van der Waals surface area (Å²) >= 11 is 1.70. The zero-order valence-corrected chi connectivity index (χ0v) is 19.2. The molecule has 0 amide bonds. The minimum Gasteiger partial charge on any atom is -0.313 e. The molecule has 3 aromatic rings. The summed E-state index contributed by atoms with van der Waals surface area (Å²) in [5.41, 5.74) is 2.99. The molecule has 0 aliphatic rings. The number of sulfone groups is 1. The van der Waals surface area contributed by atoms with Gasteiger partial charge < -0.3 is 4.57 Å². The van der Waals surface area contributed by atoms with Crippen LogP contribution in [-0.2, 0) is 22.9 Å². The van der Waals surface area contributed by atoms with Gasteiger partial charge in [-0.15, -0.1) is 11.3 Å². The first-order valence-electron chi connectivity index (χ1n) is 9.68. The van der Waals surface area contributed by atoms with Crippen molar-refractivity contribution in [2.45, 2.75) is 52.0 Å². The zero-order chi connectivity index (χ0) is 21.2. The minimum absolute atomic E-state index is 0.0295. The third-order valence-corrected chi connectivity index (χ3v) is 7.70. The van der Waals surface area contributed by atoms with E-state index in [0.29, 0.717) is 13.1 Å². The van der Waals surface area contributed by atoms with Gasteiger partial charge in [0.2, 0.25) is 15.0 Å². The smallest absolute Gasteiger partial charge is 0.228 e. The van der Waals surface area contributed by atoms with Gasteiger partial charge in [-0.05, 0) is 33.4 Å². The summed E-state index contributed by atoms with van der Waals surface area (Å²) in [5, 5.41) is 1.20. The fraction of sp³-hybridized carbons (Fsp3) is 0.429. The molecular formula is C21H28N4O2S2. The first-order valence-corrected chi connectivity index (χ1v) is 12.1. The van der Waals surface area contributed by atoms with Gasteiger partial charge >= 0.3 is 0 Å². The van der Waals surface area contributed by atoms with Crippen LogP contribution in [0.25, 0.3) is 0 Å². The quantitative estimate of drug-likeness (QED) is 0.538. The van der Waals surface area contributed by atoms with E-state index in [1.807, 2.05) is 48.9 Å². The number of hydrogen-bond donors (Lipinski definition) is 0. The number of nitrogens with zero attached hydrogens (tertiary/aromatic N) is 4. The van der Waals surface area contributed by atoms with Crippen molar-refractivity contribution in [3.8, 4) is 0 Å². The van der Waals surface area contributed by atoms with Gasteiger partial charge in [0, 0.05) is 11.4 Å². The average Bonchev–Trinajstić information content (AvgIpc) is 3.24. The molecule has 1 atom stereocenters. The molecular weight excluding hydrogens is 404 g/mol. The Morgan fingerprint density at radius 1 is 1.21 bits per heavy atom. The topological polar surface area (TPSA) is 68.1 Å². The molecule has 0 unspecified atom stereocenters. The second-order valence-electron chi connectivity index (χ2n) is 7.27. The van der Waals surface area contributed by atoms with Crippen molar-refractivity contribution >= 4 is 21.2 Å². The highest BCUT2D eigenvalue weighted by atomic mass is 32.2. The van der Waals surface area contributed by atoms with Crippen LogP contribution in [0.1, 0.15) is 46.7 Å². The summed E-state index contributed by atoms with van der Waals surface area (Å²) in [6.45, 7) is 8.94. The molecule has 8 heteroatoms. The largest absolute Gasteiger partial charge is 0.313 e. The van der Waals surface area contributed by atoms with E-state index in [0.717, 1.165) is 22.0 Å². The lowest BCUT2D eigenvalue weighted by Gasteiger charge is -2.24. The number of benzene rings is 1. The highest BCUT2D eigenvalue weighted by Crippen LogP contribution is 2.27. The molecule has 2 heterocycles. The maximum Gasteiger partial charge on any atom is 0.228 e. The average molecular weight is 433 g/mol. The van der Waals surface area contributed by atoms with Gasteiger partial charge in [0.1, 0.15) is 0 Å². The van der Waals surface area contributed by atoms with Crippen LogP contribution in [0.5, 0.6) is 0 Å². The van der Waals surface area contributed by atoms with E-state index in [2.05, 4.69) is 28.7 Å². The van der Waals surface area contributed by atoms with Gasteiger partial charge in [0.25, 0.3) is 0 Å². The summed E-state index contributed by atoms with van der Waals surface area (Å²) in [6, 6.07) is 9.99. The Morgan fingerprint density at radius 3 is 2.48 bits per heavy atom. The molecule has 0 aliphatic carbocycles. The molecule has 0 bridgehead atoms. The molecule has 2 aromatic heterocycles. The van der Waals surface area contributed by atoms with E-state index in [1.165, 1.54) is 4.88 Å². The molecule has 0 N–H and O–H groups in total. The number of hydrogen-bond acceptors (Lipinski definition) is 6. The third-order valence-electron chi connectivity index (χ3n) is 5.15. The lowest BCUT2D eigenvalue weighted by Crippen LogP contribution is -2.25. The molecule has 0 saturated heterocycles. The number of rotatable bonds is 8. The Morgan fingerprint density at radius 2 is 1.90 bits per heavy atom. The lowest BCUT2D eigenvalue weighted by molar-refractivity contribution is 0.242. The van der Waals surface area contributed by atoms with Crippen LogP contribution in [-0.4, -0.2) is 40.7 Å². The zero-order valence-electron chi connectivity index (χ0n) is 17.6. The molecule has 0 aliphatic heterocycles. The standard InChI is InChI=1S/C21H28N4O2S2/c1-6-29(26,27)21-22-12-19(25(21)13-18-10-8-7-9-11-18)14-24(5)15(2)20-16(3)28-17(4)23-20/h7-12,15H,6,13-14H2,1-5H3/t15-/m0/s1. The number of imidazole rings is 1. The molecule has 156 valence electrons. The fourth-order valence-electron chi connectivity index (χ4n) is 3.36. The van der Waals surface area contributed by atoms with Gasteiger partial charge in [0.05, 0.1) is 40.9 Å². The van der Waals surface area contributed by atoms with Crippen molar-refractivity contribution in [1.29, 1.82) is 0 Å². The molecule has 0 fully saturated rings. The summed E-state index contributed by atoms with van der Waals surface area (Å²) < 4.78 is 27.0. The van der Waals surface area contributed by atoms with E-state index < -0.39 is 9.84 Å². The Kier molecular flexibility index (Phi) is 6.55. The number of aryl methyl sites for hydroxylation is 2. The first-order chi connectivity index (χ1) is 13.7. The highest BCUT2D eigenvalue weighted by molar-refractivity contribution is 7.91. The van der Waals surface area contributed by atoms with E-state index in [1.54, 1.807) is 24.5 Å². The summed E-state index contributed by atoms with van der Waals surface area (Å²) in [7, 11) is -1.38. The molecule has 1 aromatic carbocycles. The summed E-state index contributed by atoms with van der Waals surface area (Å²) in [5.74, 6) is 0.0295. The fourth-order valence-corrected chi connectivity index (χ4v) is 5.26. The highest BCUT2D eigenvalue weighted by Gasteiger charge is 2.24. The Balaban J connectivity index is 1.93.